The van der Waals surface area contributed by atoms with Crippen LogP contribution in [0.2, 0.25) is 19.6 Å². The number of rotatable bonds is 5. The quantitative estimate of drug-likeness (QED) is 0.432. The standard InChI is InChI=1S/C21H22IOSi/c1-24(2,3)21-15-13-20(14-16-21)23-19-11-9-18(10-12-19)22-17-7-5-4-6-8-17/h4-16H,1-3H3/q+1. The smallest absolute Gasteiger partial charge is 0.357 e. The number of halogens is 1. The fourth-order valence-corrected chi connectivity index (χ4v) is 5.71. The molecule has 0 unspecified atom stereocenters. The first-order valence-corrected chi connectivity index (χ1v) is 13.7. The van der Waals surface area contributed by atoms with Crippen LogP contribution in [0.5, 0.6) is 11.5 Å². The topological polar surface area (TPSA) is 9.23 Å². The van der Waals surface area contributed by atoms with E-state index in [4.69, 9.17) is 4.74 Å². The molecule has 24 heavy (non-hydrogen) atoms. The predicted molar refractivity (Wildman–Crippen MR) is 99.8 cm³/mol. The lowest BCUT2D eigenvalue weighted by molar-refractivity contribution is -0.597. The average Bonchev–Trinajstić information content (AvgIpc) is 2.57. The van der Waals surface area contributed by atoms with E-state index >= 15 is 0 Å². The molecule has 3 aromatic carbocycles. The molecular weight excluding hydrogens is 423 g/mol. The van der Waals surface area contributed by atoms with Crippen LogP contribution in [-0.4, -0.2) is 8.07 Å². The molecule has 3 rings (SSSR count). The van der Waals surface area contributed by atoms with E-state index in [-0.39, 0.29) is 21.2 Å². The van der Waals surface area contributed by atoms with Crippen molar-refractivity contribution in [1.82, 2.24) is 0 Å². The molecule has 1 nitrogen and oxygen atoms in total. The molecule has 0 heterocycles. The Hall–Kier alpha value is -1.59. The Balaban J connectivity index is 1.66. The van der Waals surface area contributed by atoms with Gasteiger partial charge >= 0.3 is 21.2 Å². The highest BCUT2D eigenvalue weighted by Gasteiger charge is 2.16. The van der Waals surface area contributed by atoms with Crippen molar-refractivity contribution < 1.29 is 25.9 Å². The third kappa shape index (κ3) is 4.71. The summed E-state index contributed by atoms with van der Waals surface area (Å²) in [6, 6.07) is 27.8. The fraction of sp³-hybridized carbons (Fsp3) is 0.143. The minimum atomic E-state index is -1.24. The monoisotopic (exact) mass is 445 g/mol. The van der Waals surface area contributed by atoms with E-state index in [1.165, 1.54) is 12.3 Å². The van der Waals surface area contributed by atoms with Crippen LogP contribution in [0.25, 0.3) is 0 Å². The summed E-state index contributed by atoms with van der Waals surface area (Å²) in [6.45, 7) is 7.08. The second-order valence-corrected chi connectivity index (χ2v) is 14.8. The molecule has 3 aromatic rings. The molecule has 0 N–H and O–H groups in total. The summed E-state index contributed by atoms with van der Waals surface area (Å²) < 4.78 is 8.82. The van der Waals surface area contributed by atoms with E-state index < -0.39 is 8.07 Å². The van der Waals surface area contributed by atoms with Crippen LogP contribution in [0, 0.1) is 7.14 Å². The molecule has 0 aliphatic rings. The van der Waals surface area contributed by atoms with Gasteiger partial charge in [-0.25, -0.2) is 0 Å². The summed E-state index contributed by atoms with van der Waals surface area (Å²) in [5.74, 6) is 1.80. The molecule has 0 aliphatic heterocycles. The van der Waals surface area contributed by atoms with Crippen LogP contribution >= 0.6 is 0 Å². The predicted octanol–water partition coefficient (Wildman–Crippen LogP) is 2.15. The highest BCUT2D eigenvalue weighted by molar-refractivity contribution is 6.88. The summed E-state index contributed by atoms with van der Waals surface area (Å²) in [5, 5.41) is 1.46. The maximum atomic E-state index is 5.98. The average molecular weight is 445 g/mol. The van der Waals surface area contributed by atoms with Gasteiger partial charge in [-0.1, -0.05) is 55.2 Å². The number of hydrogen-bond acceptors (Lipinski definition) is 1. The molecule has 0 fully saturated rings. The van der Waals surface area contributed by atoms with Gasteiger partial charge in [0.15, 0.2) is 7.14 Å². The van der Waals surface area contributed by atoms with Crippen molar-refractivity contribution in [3.63, 3.8) is 0 Å². The Kier molecular flexibility index (Phi) is 5.41. The van der Waals surface area contributed by atoms with Crippen molar-refractivity contribution in [2.45, 2.75) is 19.6 Å². The highest BCUT2D eigenvalue weighted by Crippen LogP contribution is 2.20. The Morgan fingerprint density at radius 3 is 1.67 bits per heavy atom. The van der Waals surface area contributed by atoms with Crippen LogP contribution in [0.3, 0.4) is 0 Å². The van der Waals surface area contributed by atoms with Gasteiger partial charge in [-0.15, -0.1) is 0 Å². The molecule has 0 amide bonds. The molecule has 0 aliphatic carbocycles. The highest BCUT2D eigenvalue weighted by atomic mass is 127. The van der Waals surface area contributed by atoms with Gasteiger partial charge in [-0.05, 0) is 48.5 Å². The molecule has 0 spiro atoms. The van der Waals surface area contributed by atoms with E-state index in [2.05, 4.69) is 98.5 Å². The third-order valence-corrected chi connectivity index (χ3v) is 8.47. The van der Waals surface area contributed by atoms with Gasteiger partial charge in [0, 0.05) is 0 Å². The molecule has 0 aromatic heterocycles. The van der Waals surface area contributed by atoms with E-state index in [0.29, 0.717) is 0 Å². The maximum absolute atomic E-state index is 5.98. The lowest BCUT2D eigenvalue weighted by Crippen LogP contribution is -3.61. The molecule has 0 radical (unpaired) electrons. The molecule has 0 atom stereocenters. The Labute approximate surface area is 156 Å². The van der Waals surface area contributed by atoms with E-state index in [9.17, 15) is 0 Å². The van der Waals surface area contributed by atoms with Crippen molar-refractivity contribution >= 4 is 13.3 Å². The second-order valence-electron chi connectivity index (χ2n) is 6.72. The van der Waals surface area contributed by atoms with E-state index in [1.807, 2.05) is 0 Å². The summed E-state index contributed by atoms with van der Waals surface area (Å²) in [6.07, 6.45) is 0. The SMILES string of the molecule is C[Si](C)(C)c1ccc(Oc2ccc([I+]c3ccccc3)cc2)cc1. The fourth-order valence-electron chi connectivity index (χ4n) is 2.33. The zero-order valence-corrected chi connectivity index (χ0v) is 17.4. The van der Waals surface area contributed by atoms with Crippen LogP contribution in [-0.2, 0) is 0 Å². The number of hydrogen-bond donors (Lipinski definition) is 0. The van der Waals surface area contributed by atoms with Crippen molar-refractivity contribution in [1.29, 1.82) is 0 Å². The van der Waals surface area contributed by atoms with Gasteiger partial charge in [-0.2, -0.15) is 0 Å². The van der Waals surface area contributed by atoms with E-state index in [0.717, 1.165) is 11.5 Å². The van der Waals surface area contributed by atoms with Crippen molar-refractivity contribution in [3.05, 3.63) is 86.0 Å². The summed E-state index contributed by atoms with van der Waals surface area (Å²) in [7, 11) is -1.24. The minimum absolute atomic E-state index is 0.113. The van der Waals surface area contributed by atoms with Crippen molar-refractivity contribution in [2.24, 2.45) is 0 Å². The first kappa shape index (κ1) is 17.2. The largest absolute Gasteiger partial charge is 0.457 e. The van der Waals surface area contributed by atoms with Gasteiger partial charge in [-0.3, -0.25) is 0 Å². The molecule has 0 saturated carbocycles. The lowest BCUT2D eigenvalue weighted by Gasteiger charge is -2.16. The lowest BCUT2D eigenvalue weighted by atomic mass is 10.3. The summed E-state index contributed by atoms with van der Waals surface area (Å²) in [4.78, 5) is 0. The molecule has 0 bridgehead atoms. The first-order valence-electron chi connectivity index (χ1n) is 8.09. The van der Waals surface area contributed by atoms with Gasteiger partial charge in [0.1, 0.15) is 11.5 Å². The third-order valence-electron chi connectivity index (χ3n) is 3.72. The Morgan fingerprint density at radius 1 is 0.625 bits per heavy atom. The van der Waals surface area contributed by atoms with Crippen LogP contribution < -0.4 is 31.1 Å². The second kappa shape index (κ2) is 7.53. The Morgan fingerprint density at radius 2 is 1.12 bits per heavy atom. The van der Waals surface area contributed by atoms with Crippen LogP contribution in [0.1, 0.15) is 0 Å². The number of benzene rings is 3. The molecule has 0 saturated heterocycles. The maximum Gasteiger partial charge on any atom is 0.357 e. The van der Waals surface area contributed by atoms with Crippen molar-refractivity contribution in [3.8, 4) is 11.5 Å². The van der Waals surface area contributed by atoms with Gasteiger partial charge in [0.25, 0.3) is 0 Å². The van der Waals surface area contributed by atoms with Crippen molar-refractivity contribution in [2.75, 3.05) is 0 Å². The zero-order chi connectivity index (χ0) is 17.0. The summed E-state index contributed by atoms with van der Waals surface area (Å²) in [5.41, 5.74) is 0. The Bertz CT molecular complexity index is 775. The van der Waals surface area contributed by atoms with Crippen LogP contribution in [0.15, 0.2) is 78.9 Å². The van der Waals surface area contributed by atoms with Gasteiger partial charge in [0.05, 0.1) is 8.07 Å². The van der Waals surface area contributed by atoms with Crippen LogP contribution in [0.4, 0.5) is 0 Å². The van der Waals surface area contributed by atoms with Gasteiger partial charge in [0.2, 0.25) is 0 Å². The minimum Gasteiger partial charge on any atom is -0.457 e. The first-order chi connectivity index (χ1) is 11.5. The zero-order valence-electron chi connectivity index (χ0n) is 14.3. The molecule has 122 valence electrons. The van der Waals surface area contributed by atoms with Gasteiger partial charge < -0.3 is 4.74 Å². The van der Waals surface area contributed by atoms with E-state index in [1.54, 1.807) is 0 Å². The normalized spacial score (nSPS) is 11.3. The molecule has 3 heteroatoms. The summed E-state index contributed by atoms with van der Waals surface area (Å²) >= 11 is -0.113. The number of ether oxygens (including phenoxy) is 1. The molecular formula is C21H22IOSi+.